The van der Waals surface area contributed by atoms with E-state index in [1.165, 1.54) is 12.1 Å². The van der Waals surface area contributed by atoms with Crippen molar-refractivity contribution in [3.8, 4) is 0 Å². The quantitative estimate of drug-likeness (QED) is 0.141. The number of hydroxylamine groups is 2. The smallest absolute Gasteiger partial charge is 0.333 e. The molecule has 0 aliphatic carbocycles. The number of carbonyl (C=O) groups excluding carboxylic acids is 3. The number of nitrogens with zero attached hydrogens (tertiary/aromatic N) is 5. The van der Waals surface area contributed by atoms with Crippen LogP contribution in [0.25, 0.3) is 10.4 Å². The average Bonchev–Trinajstić information content (AvgIpc) is 2.91. The van der Waals surface area contributed by atoms with Gasteiger partial charge >= 0.3 is 5.97 Å². The Morgan fingerprint density at radius 1 is 1.38 bits per heavy atom. The van der Waals surface area contributed by atoms with Gasteiger partial charge in [-0.2, -0.15) is 0 Å². The topological polar surface area (TPSA) is 168 Å². The van der Waals surface area contributed by atoms with Crippen LogP contribution in [0, 0.1) is 10.1 Å². The highest BCUT2D eigenvalue weighted by atomic mass is 16.7. The van der Waals surface area contributed by atoms with E-state index in [1.807, 2.05) is 0 Å². The van der Waals surface area contributed by atoms with Crippen molar-refractivity contribution in [1.29, 1.82) is 0 Å². The molecule has 0 bridgehead atoms. The van der Waals surface area contributed by atoms with Crippen molar-refractivity contribution in [2.45, 2.75) is 25.7 Å². The van der Waals surface area contributed by atoms with E-state index in [1.54, 1.807) is 0 Å². The number of nitrogens with one attached hydrogen (secondary N) is 1. The lowest BCUT2D eigenvalue weighted by atomic mass is 10.2. The molecule has 1 aromatic rings. The van der Waals surface area contributed by atoms with E-state index in [9.17, 15) is 24.5 Å². The van der Waals surface area contributed by atoms with Crippen LogP contribution in [0.2, 0.25) is 0 Å². The van der Waals surface area contributed by atoms with Crippen LogP contribution in [0.1, 0.15) is 25.7 Å². The molecule has 1 fully saturated rings. The zero-order valence-corrected chi connectivity index (χ0v) is 13.5. The van der Waals surface area contributed by atoms with Gasteiger partial charge in [0, 0.05) is 42.5 Å². The molecule has 0 aromatic heterocycles. The van der Waals surface area contributed by atoms with Crippen LogP contribution in [-0.4, -0.2) is 34.3 Å². The second-order valence-corrected chi connectivity index (χ2v) is 5.22. The summed E-state index contributed by atoms with van der Waals surface area (Å²) in [7, 11) is 0. The fourth-order valence-corrected chi connectivity index (χ4v) is 2.20. The number of nitro benzene ring substituents is 1. The van der Waals surface area contributed by atoms with Crippen molar-refractivity contribution in [3.05, 3.63) is 38.8 Å². The summed E-state index contributed by atoms with van der Waals surface area (Å²) in [6, 6.07) is 3.93. The van der Waals surface area contributed by atoms with Crippen LogP contribution < -0.4 is 5.32 Å². The molecule has 12 heteroatoms. The second-order valence-electron chi connectivity index (χ2n) is 5.22. The van der Waals surface area contributed by atoms with Gasteiger partial charge in [-0.15, -0.1) is 5.06 Å². The number of amides is 2. The summed E-state index contributed by atoms with van der Waals surface area (Å²) in [6.07, 6.45) is 0.200. The highest BCUT2D eigenvalue weighted by molar-refractivity contribution is 6.01. The van der Waals surface area contributed by atoms with Crippen molar-refractivity contribution in [1.82, 2.24) is 5.06 Å². The molecule has 26 heavy (non-hydrogen) atoms. The van der Waals surface area contributed by atoms with E-state index in [4.69, 9.17) is 10.4 Å². The fourth-order valence-electron chi connectivity index (χ4n) is 2.20. The molecule has 1 heterocycles. The number of rotatable bonds is 8. The minimum atomic E-state index is -0.747. The summed E-state index contributed by atoms with van der Waals surface area (Å²) < 4.78 is 0. The third kappa shape index (κ3) is 4.68. The maximum absolute atomic E-state index is 11.6. The van der Waals surface area contributed by atoms with Gasteiger partial charge in [-0.1, -0.05) is 11.2 Å². The van der Waals surface area contributed by atoms with Gasteiger partial charge in [0.1, 0.15) is 5.69 Å². The number of azide groups is 1. The maximum Gasteiger partial charge on any atom is 0.333 e. The van der Waals surface area contributed by atoms with E-state index >= 15 is 0 Å². The zero-order chi connectivity index (χ0) is 19.1. The van der Waals surface area contributed by atoms with Crippen molar-refractivity contribution in [2.24, 2.45) is 5.11 Å². The lowest BCUT2D eigenvalue weighted by Gasteiger charge is -2.12. The molecule has 12 nitrogen and oxygen atoms in total. The number of anilines is 1. The Morgan fingerprint density at radius 3 is 2.69 bits per heavy atom. The van der Waals surface area contributed by atoms with Crippen molar-refractivity contribution in [2.75, 3.05) is 11.9 Å². The summed E-state index contributed by atoms with van der Waals surface area (Å²) in [5, 5.41) is 17.6. The first-order chi connectivity index (χ1) is 12.4. The van der Waals surface area contributed by atoms with Gasteiger partial charge in [-0.3, -0.25) is 19.7 Å². The molecule has 0 spiro atoms. The fraction of sp³-hybridized carbons (Fsp3) is 0.357. The van der Waals surface area contributed by atoms with E-state index in [2.05, 4.69) is 15.3 Å². The Kier molecular flexibility index (Phi) is 6.06. The number of benzene rings is 1. The third-order valence-electron chi connectivity index (χ3n) is 3.41. The minimum absolute atomic E-state index is 0.0170. The molecular weight excluding hydrogens is 348 g/mol. The van der Waals surface area contributed by atoms with Crippen LogP contribution in [0.5, 0.6) is 0 Å². The third-order valence-corrected chi connectivity index (χ3v) is 3.41. The minimum Gasteiger partial charge on any atom is -0.379 e. The first kappa shape index (κ1) is 18.7. The van der Waals surface area contributed by atoms with Crippen LogP contribution >= 0.6 is 0 Å². The van der Waals surface area contributed by atoms with Crippen LogP contribution in [0.4, 0.5) is 17.1 Å². The lowest BCUT2D eigenvalue weighted by Crippen LogP contribution is -2.32. The number of hydrogen-bond donors (Lipinski definition) is 1. The molecule has 1 aromatic carbocycles. The SMILES string of the molecule is [N-]=[N+]=Nc1ccc(NCCCC(=O)ON2C(=O)CCC2=O)c([N+](=O)[O-])c1. The summed E-state index contributed by atoms with van der Waals surface area (Å²) in [4.78, 5) is 52.0. The highest BCUT2D eigenvalue weighted by Gasteiger charge is 2.32. The number of imide groups is 1. The van der Waals surface area contributed by atoms with Crippen molar-refractivity contribution in [3.63, 3.8) is 0 Å². The van der Waals surface area contributed by atoms with Crippen molar-refractivity contribution < 1.29 is 24.1 Å². The van der Waals surface area contributed by atoms with Gasteiger partial charge in [0.2, 0.25) is 0 Å². The van der Waals surface area contributed by atoms with Gasteiger partial charge in [0.25, 0.3) is 17.5 Å². The van der Waals surface area contributed by atoms with Crippen LogP contribution in [-0.2, 0) is 19.2 Å². The van der Waals surface area contributed by atoms with E-state index in [0.717, 1.165) is 6.07 Å². The van der Waals surface area contributed by atoms with Gasteiger partial charge < -0.3 is 10.2 Å². The molecular formula is C14H14N6O6. The molecule has 0 saturated carbocycles. The van der Waals surface area contributed by atoms with Crippen molar-refractivity contribution >= 4 is 34.8 Å². The Morgan fingerprint density at radius 2 is 2.08 bits per heavy atom. The van der Waals surface area contributed by atoms with E-state index in [-0.39, 0.29) is 49.3 Å². The number of nitro groups is 1. The molecule has 0 unspecified atom stereocenters. The Bertz CT molecular complexity index is 787. The Hall–Kier alpha value is -3.66. The molecule has 136 valence electrons. The maximum atomic E-state index is 11.6. The summed E-state index contributed by atoms with van der Waals surface area (Å²) >= 11 is 0. The monoisotopic (exact) mass is 362 g/mol. The summed E-state index contributed by atoms with van der Waals surface area (Å²) in [5.41, 5.74) is 8.39. The number of hydrogen-bond acceptors (Lipinski definition) is 8. The van der Waals surface area contributed by atoms with Gasteiger partial charge in [0.05, 0.1) is 4.92 Å². The average molecular weight is 362 g/mol. The predicted molar refractivity (Wildman–Crippen MR) is 86.8 cm³/mol. The molecule has 2 rings (SSSR count). The Labute approximate surface area is 146 Å². The number of carbonyl (C=O) groups is 3. The van der Waals surface area contributed by atoms with E-state index < -0.39 is 22.7 Å². The molecule has 1 aliphatic heterocycles. The van der Waals surface area contributed by atoms with Gasteiger partial charge in [0.15, 0.2) is 0 Å². The van der Waals surface area contributed by atoms with Crippen LogP contribution in [0.3, 0.4) is 0 Å². The zero-order valence-electron chi connectivity index (χ0n) is 13.5. The molecule has 1 N–H and O–H groups in total. The van der Waals surface area contributed by atoms with E-state index in [0.29, 0.717) is 5.06 Å². The second kappa shape index (κ2) is 8.44. The summed E-state index contributed by atoms with van der Waals surface area (Å²) in [6.45, 7) is 0.207. The molecule has 1 aliphatic rings. The first-order valence-electron chi connectivity index (χ1n) is 7.56. The predicted octanol–water partition coefficient (Wildman–Crippen LogP) is 2.34. The lowest BCUT2D eigenvalue weighted by molar-refractivity contribution is -0.383. The van der Waals surface area contributed by atoms with Gasteiger partial charge in [-0.05, 0) is 18.0 Å². The highest BCUT2D eigenvalue weighted by Crippen LogP contribution is 2.29. The molecule has 2 amide bonds. The van der Waals surface area contributed by atoms with Crippen LogP contribution in [0.15, 0.2) is 23.3 Å². The summed E-state index contributed by atoms with van der Waals surface area (Å²) in [5.74, 6) is -1.86. The largest absolute Gasteiger partial charge is 0.379 e. The first-order valence-corrected chi connectivity index (χ1v) is 7.56. The van der Waals surface area contributed by atoms with Gasteiger partial charge in [-0.25, -0.2) is 4.79 Å². The Balaban J connectivity index is 1.85. The standard InChI is InChI=1S/C14H14N6O6/c15-18-17-9-3-4-10(11(8-9)20(24)25)16-7-1-2-14(23)26-19-12(21)5-6-13(19)22/h3-4,8,16H,1-2,5-7H2. The molecule has 0 radical (unpaired) electrons. The molecule has 1 saturated heterocycles. The molecule has 0 atom stereocenters. The normalized spacial score (nSPS) is 13.3.